The second kappa shape index (κ2) is 15.5. The van der Waals surface area contributed by atoms with Crippen LogP contribution in [0.3, 0.4) is 0 Å². The zero-order valence-electron chi connectivity index (χ0n) is 34.4. The van der Waals surface area contributed by atoms with Gasteiger partial charge in [-0.05, 0) is 129 Å². The Morgan fingerprint density at radius 3 is 1.35 bits per heavy atom. The molecule has 2 nitrogen and oxygen atoms in total. The van der Waals surface area contributed by atoms with E-state index in [4.69, 9.17) is 0 Å². The van der Waals surface area contributed by atoms with Crippen LogP contribution in [0.2, 0.25) is 0 Å². The summed E-state index contributed by atoms with van der Waals surface area (Å²) in [6.45, 7) is 0. The molecule has 0 unspecified atom stereocenters. The van der Waals surface area contributed by atoms with Gasteiger partial charge in [-0.2, -0.15) is 0 Å². The van der Waals surface area contributed by atoms with Crippen molar-refractivity contribution in [2.75, 3.05) is 4.90 Å². The van der Waals surface area contributed by atoms with Crippen molar-refractivity contribution in [1.82, 2.24) is 4.57 Å². The number of hydrogen-bond donors (Lipinski definition) is 0. The van der Waals surface area contributed by atoms with Gasteiger partial charge in [0.1, 0.15) is 0 Å². The molecule has 3 heteroatoms. The van der Waals surface area contributed by atoms with Gasteiger partial charge in [0.15, 0.2) is 0 Å². The zero-order valence-corrected chi connectivity index (χ0v) is 35.2. The Kier molecular flexibility index (Phi) is 9.06. The van der Waals surface area contributed by atoms with Crippen molar-refractivity contribution in [3.8, 4) is 50.2 Å². The Bertz CT molecular complexity index is 3530. The Morgan fingerprint density at radius 1 is 0.270 bits per heavy atom. The summed E-state index contributed by atoms with van der Waals surface area (Å²) in [7, 11) is 0. The minimum absolute atomic E-state index is 1.09. The summed E-state index contributed by atoms with van der Waals surface area (Å²) in [5, 5.41) is 5.11. The van der Waals surface area contributed by atoms with E-state index in [-0.39, 0.29) is 0 Å². The van der Waals surface area contributed by atoms with E-state index in [0.717, 1.165) is 22.7 Å². The summed E-state index contributed by atoms with van der Waals surface area (Å²) in [4.78, 5) is 2.39. The maximum absolute atomic E-state index is 2.40. The van der Waals surface area contributed by atoms with Crippen LogP contribution in [0.1, 0.15) is 0 Å². The van der Waals surface area contributed by atoms with Gasteiger partial charge in [0.25, 0.3) is 0 Å². The lowest BCUT2D eigenvalue weighted by Gasteiger charge is -2.26. The van der Waals surface area contributed by atoms with Crippen molar-refractivity contribution in [2.24, 2.45) is 0 Å². The van der Waals surface area contributed by atoms with Crippen LogP contribution in [0.4, 0.5) is 17.1 Å². The van der Waals surface area contributed by atoms with Crippen LogP contribution < -0.4 is 4.90 Å². The molecule has 0 fully saturated rings. The third kappa shape index (κ3) is 6.67. The molecular weight excluding hydrogens is 781 g/mol. The molecule has 0 saturated carbocycles. The minimum Gasteiger partial charge on any atom is -0.310 e. The average molecular weight is 821 g/mol. The van der Waals surface area contributed by atoms with Crippen molar-refractivity contribution < 1.29 is 0 Å². The maximum Gasteiger partial charge on any atom is 0.0561 e. The number of hydrogen-bond acceptors (Lipinski definition) is 2. The van der Waals surface area contributed by atoms with E-state index < -0.39 is 0 Å². The number of aromatic nitrogens is 1. The lowest BCUT2D eigenvalue weighted by molar-refractivity contribution is 1.18. The highest BCUT2D eigenvalue weighted by Gasteiger charge is 2.19. The SMILES string of the molecule is c1ccc(-c2cc(-c3ccccc3)cc(-c3ccc(N(c4ccc(-c5ccc6c(c5)sc5ccccc56)cc4)c4ccc5c6ccccc6n(-c6ccccc6)c5c4)cc3)c2)cc1. The summed E-state index contributed by atoms with van der Waals surface area (Å²) in [5.74, 6) is 0. The number of benzene rings is 10. The largest absolute Gasteiger partial charge is 0.310 e. The number of anilines is 3. The van der Waals surface area contributed by atoms with Gasteiger partial charge in [0.2, 0.25) is 0 Å². The van der Waals surface area contributed by atoms with Crippen molar-refractivity contribution >= 4 is 70.4 Å². The van der Waals surface area contributed by atoms with E-state index in [1.807, 2.05) is 11.3 Å². The molecule has 63 heavy (non-hydrogen) atoms. The number of para-hydroxylation sites is 2. The third-order valence-corrected chi connectivity index (χ3v) is 13.5. The molecule has 0 aliphatic rings. The fourth-order valence-electron chi connectivity index (χ4n) is 9.30. The Morgan fingerprint density at radius 2 is 0.714 bits per heavy atom. The number of nitrogens with zero attached hydrogens (tertiary/aromatic N) is 2. The van der Waals surface area contributed by atoms with E-state index in [1.54, 1.807) is 0 Å². The van der Waals surface area contributed by atoms with Gasteiger partial charge in [-0.25, -0.2) is 0 Å². The Hall–Kier alpha value is -7.98. The van der Waals surface area contributed by atoms with Crippen LogP contribution in [-0.2, 0) is 0 Å². The van der Waals surface area contributed by atoms with Gasteiger partial charge in [0, 0.05) is 53.7 Å². The molecule has 0 spiro atoms. The number of thiophene rings is 1. The van der Waals surface area contributed by atoms with Crippen molar-refractivity contribution in [2.45, 2.75) is 0 Å². The highest BCUT2D eigenvalue weighted by molar-refractivity contribution is 7.25. The third-order valence-electron chi connectivity index (χ3n) is 12.4. The molecule has 0 N–H and O–H groups in total. The van der Waals surface area contributed by atoms with Crippen LogP contribution >= 0.6 is 11.3 Å². The molecule has 12 rings (SSSR count). The molecule has 10 aromatic carbocycles. The first-order valence-corrected chi connectivity index (χ1v) is 22.3. The predicted molar refractivity (Wildman–Crippen MR) is 270 cm³/mol. The van der Waals surface area contributed by atoms with Crippen LogP contribution in [0, 0.1) is 0 Å². The van der Waals surface area contributed by atoms with Crippen LogP contribution in [0.5, 0.6) is 0 Å². The number of fused-ring (bicyclic) bond motifs is 6. The van der Waals surface area contributed by atoms with Gasteiger partial charge in [-0.15, -0.1) is 11.3 Å². The molecule has 296 valence electrons. The van der Waals surface area contributed by atoms with Crippen LogP contribution in [-0.4, -0.2) is 4.57 Å². The molecule has 2 heterocycles. The van der Waals surface area contributed by atoms with E-state index in [0.29, 0.717) is 0 Å². The fourth-order valence-corrected chi connectivity index (χ4v) is 10.4. The quantitative estimate of drug-likeness (QED) is 0.148. The van der Waals surface area contributed by atoms with Gasteiger partial charge < -0.3 is 9.47 Å². The second-order valence-electron chi connectivity index (χ2n) is 16.2. The topological polar surface area (TPSA) is 8.17 Å². The molecule has 12 aromatic rings. The van der Waals surface area contributed by atoms with Gasteiger partial charge in [-0.1, -0.05) is 158 Å². The van der Waals surface area contributed by atoms with E-state index >= 15 is 0 Å². The Labute approximate surface area is 370 Å². The van der Waals surface area contributed by atoms with Gasteiger partial charge >= 0.3 is 0 Å². The first kappa shape index (κ1) is 36.8. The summed E-state index contributed by atoms with van der Waals surface area (Å²) >= 11 is 1.86. The zero-order chi connectivity index (χ0) is 41.7. The van der Waals surface area contributed by atoms with Crippen molar-refractivity contribution in [3.05, 3.63) is 243 Å². The Balaban J connectivity index is 0.988. The minimum atomic E-state index is 1.09. The molecule has 0 radical (unpaired) electrons. The van der Waals surface area contributed by atoms with E-state index in [1.165, 1.54) is 86.5 Å². The molecule has 2 aromatic heterocycles. The second-order valence-corrected chi connectivity index (χ2v) is 17.2. The molecule has 0 saturated heterocycles. The molecular formula is C60H40N2S. The standard InChI is InChI=1S/C60H40N2S/c1-4-14-41(15-5-1)46-36-47(42-16-6-2-7-17-42)38-48(37-46)44-26-31-51(32-27-44)61(50-29-24-43(25-30-50)45-28-34-56-55-21-11-13-23-59(55)63-60(56)39-45)52-33-35-54-53-20-10-12-22-57(53)62(58(54)40-52)49-18-8-3-9-19-49/h1-40H. The molecule has 0 amide bonds. The average Bonchev–Trinajstić information content (AvgIpc) is 3.90. The highest BCUT2D eigenvalue weighted by Crippen LogP contribution is 2.42. The summed E-state index contributed by atoms with van der Waals surface area (Å²) in [6, 6.07) is 88.4. The van der Waals surface area contributed by atoms with Gasteiger partial charge in [-0.3, -0.25) is 0 Å². The lowest BCUT2D eigenvalue weighted by atomic mass is 9.93. The molecule has 0 aliphatic carbocycles. The van der Waals surface area contributed by atoms with Crippen molar-refractivity contribution in [3.63, 3.8) is 0 Å². The highest BCUT2D eigenvalue weighted by atomic mass is 32.1. The normalized spacial score (nSPS) is 11.5. The molecule has 0 aliphatic heterocycles. The predicted octanol–water partition coefficient (Wildman–Crippen LogP) is 17.3. The first-order valence-electron chi connectivity index (χ1n) is 21.5. The monoisotopic (exact) mass is 820 g/mol. The van der Waals surface area contributed by atoms with Crippen LogP contribution in [0.25, 0.3) is 92.2 Å². The molecule has 0 bridgehead atoms. The van der Waals surface area contributed by atoms with Crippen molar-refractivity contribution in [1.29, 1.82) is 0 Å². The maximum atomic E-state index is 2.40. The fraction of sp³-hybridized carbons (Fsp3) is 0. The number of rotatable bonds is 8. The van der Waals surface area contributed by atoms with Gasteiger partial charge in [0.05, 0.1) is 11.0 Å². The molecule has 0 atom stereocenters. The lowest BCUT2D eigenvalue weighted by Crippen LogP contribution is -2.10. The first-order chi connectivity index (χ1) is 31.2. The smallest absolute Gasteiger partial charge is 0.0561 e. The summed E-state index contributed by atoms with van der Waals surface area (Å²) in [6.07, 6.45) is 0. The van der Waals surface area contributed by atoms with E-state index in [9.17, 15) is 0 Å². The van der Waals surface area contributed by atoms with E-state index in [2.05, 4.69) is 252 Å². The summed E-state index contributed by atoms with van der Waals surface area (Å²) in [5.41, 5.74) is 16.3. The summed E-state index contributed by atoms with van der Waals surface area (Å²) < 4.78 is 5.03. The van der Waals surface area contributed by atoms with Crippen LogP contribution in [0.15, 0.2) is 243 Å².